The average Bonchev–Trinajstić information content (AvgIpc) is 3.39. The highest BCUT2D eigenvalue weighted by Crippen LogP contribution is 2.26. The minimum absolute atomic E-state index is 0.245. The van der Waals surface area contributed by atoms with Crippen LogP contribution < -0.4 is 5.32 Å². The Bertz CT molecular complexity index is 641. The van der Waals surface area contributed by atoms with Crippen molar-refractivity contribution in [3.8, 4) is 0 Å². The number of nitrogens with zero attached hydrogens (tertiary/aromatic N) is 3. The summed E-state index contributed by atoms with van der Waals surface area (Å²) in [6.45, 7) is 9.21. The molecule has 4 rings (SSSR count). The number of ether oxygens (including phenoxy) is 1. The van der Waals surface area contributed by atoms with Gasteiger partial charge in [0.2, 0.25) is 0 Å². The number of likely N-dealkylation sites (tertiary alicyclic amines) is 1. The Morgan fingerprint density at radius 2 is 2.11 bits per heavy atom. The van der Waals surface area contributed by atoms with E-state index < -0.39 is 0 Å². The van der Waals surface area contributed by atoms with Gasteiger partial charge in [0.05, 0.1) is 19.3 Å². The molecule has 154 valence electrons. The number of guanidine groups is 1. The Morgan fingerprint density at radius 1 is 1.21 bits per heavy atom. The molecule has 1 aromatic rings. The van der Waals surface area contributed by atoms with Crippen LogP contribution in [0.1, 0.15) is 26.2 Å². The van der Waals surface area contributed by atoms with E-state index in [1.165, 1.54) is 36.5 Å². The van der Waals surface area contributed by atoms with Crippen molar-refractivity contribution in [3.63, 3.8) is 0 Å². The Labute approximate surface area is 173 Å². The maximum atomic E-state index is 6.09. The predicted molar refractivity (Wildman–Crippen MR) is 117 cm³/mol. The molecule has 0 saturated carbocycles. The van der Waals surface area contributed by atoms with E-state index in [0.717, 1.165) is 51.2 Å². The summed E-state index contributed by atoms with van der Waals surface area (Å²) in [6.07, 6.45) is 4.12. The van der Waals surface area contributed by atoms with Crippen LogP contribution in [0.15, 0.2) is 40.2 Å². The van der Waals surface area contributed by atoms with Crippen molar-refractivity contribution in [3.05, 3.63) is 30.3 Å². The molecule has 0 spiro atoms. The lowest BCUT2D eigenvalue weighted by Crippen LogP contribution is -2.48. The summed E-state index contributed by atoms with van der Waals surface area (Å²) in [7, 11) is 0. The van der Waals surface area contributed by atoms with Crippen molar-refractivity contribution in [1.29, 1.82) is 0 Å². The molecule has 5 nitrogen and oxygen atoms in total. The second kappa shape index (κ2) is 9.99. The molecule has 1 N–H and O–H groups in total. The number of benzene rings is 1. The Hall–Kier alpha value is -1.24. The summed E-state index contributed by atoms with van der Waals surface area (Å²) in [6, 6.07) is 11.4. The van der Waals surface area contributed by atoms with Gasteiger partial charge >= 0.3 is 0 Å². The van der Waals surface area contributed by atoms with Crippen molar-refractivity contribution in [2.45, 2.75) is 43.2 Å². The topological polar surface area (TPSA) is 40.1 Å². The number of morpholine rings is 1. The summed E-state index contributed by atoms with van der Waals surface area (Å²) in [5, 5.41) is 3.50. The van der Waals surface area contributed by atoms with Crippen LogP contribution in [0, 0.1) is 5.92 Å². The van der Waals surface area contributed by atoms with Crippen LogP contribution in [0.3, 0.4) is 0 Å². The molecule has 3 unspecified atom stereocenters. The van der Waals surface area contributed by atoms with Gasteiger partial charge in [0.1, 0.15) is 0 Å². The fourth-order valence-corrected chi connectivity index (χ4v) is 5.55. The molecule has 3 saturated heterocycles. The van der Waals surface area contributed by atoms with E-state index in [-0.39, 0.29) is 6.10 Å². The first-order valence-electron chi connectivity index (χ1n) is 10.9. The first kappa shape index (κ1) is 20.0. The Kier molecular flexibility index (Phi) is 7.15. The zero-order chi connectivity index (χ0) is 19.2. The molecule has 3 aliphatic heterocycles. The summed E-state index contributed by atoms with van der Waals surface area (Å²) < 4.78 is 6.09. The Morgan fingerprint density at radius 3 is 2.96 bits per heavy atom. The summed E-state index contributed by atoms with van der Waals surface area (Å²) in [4.78, 5) is 11.4. The first-order chi connectivity index (χ1) is 13.8. The third-order valence-electron chi connectivity index (χ3n) is 6.06. The van der Waals surface area contributed by atoms with Gasteiger partial charge in [-0.2, -0.15) is 0 Å². The minimum Gasteiger partial charge on any atom is -0.373 e. The highest BCUT2D eigenvalue weighted by atomic mass is 32.2. The lowest BCUT2D eigenvalue weighted by molar-refractivity contribution is -0.0432. The molecular weight excluding hydrogens is 368 g/mol. The average molecular weight is 403 g/mol. The van der Waals surface area contributed by atoms with E-state index in [4.69, 9.17) is 9.73 Å². The van der Waals surface area contributed by atoms with Crippen molar-refractivity contribution < 1.29 is 4.74 Å². The van der Waals surface area contributed by atoms with E-state index in [1.54, 1.807) is 0 Å². The van der Waals surface area contributed by atoms with E-state index in [1.807, 2.05) is 11.8 Å². The van der Waals surface area contributed by atoms with Gasteiger partial charge in [-0.25, -0.2) is 0 Å². The highest BCUT2D eigenvalue weighted by Gasteiger charge is 2.32. The normalized spacial score (nSPS) is 28.5. The summed E-state index contributed by atoms with van der Waals surface area (Å²) in [5.74, 6) is 2.98. The number of aliphatic imine (C=N–C) groups is 1. The van der Waals surface area contributed by atoms with E-state index in [0.29, 0.717) is 6.04 Å². The number of nitrogens with one attached hydrogen (secondary N) is 1. The number of hydrogen-bond acceptors (Lipinski definition) is 4. The second-order valence-corrected chi connectivity index (χ2v) is 9.26. The maximum Gasteiger partial charge on any atom is 0.194 e. The van der Waals surface area contributed by atoms with Gasteiger partial charge in [0, 0.05) is 42.9 Å². The fraction of sp³-hybridized carbons (Fsp3) is 0.682. The molecule has 6 heteroatoms. The number of rotatable bonds is 6. The quantitative estimate of drug-likeness (QED) is 0.450. The highest BCUT2D eigenvalue weighted by molar-refractivity contribution is 7.99. The molecule has 0 bridgehead atoms. The molecule has 3 atom stereocenters. The van der Waals surface area contributed by atoms with Crippen LogP contribution in [-0.2, 0) is 4.74 Å². The largest absolute Gasteiger partial charge is 0.373 e. The van der Waals surface area contributed by atoms with Crippen LogP contribution in [0.4, 0.5) is 0 Å². The van der Waals surface area contributed by atoms with Gasteiger partial charge in [-0.3, -0.25) is 9.89 Å². The number of fused-ring (bicyclic) bond motifs is 1. The van der Waals surface area contributed by atoms with Crippen molar-refractivity contribution in [2.75, 3.05) is 51.6 Å². The van der Waals surface area contributed by atoms with Crippen molar-refractivity contribution in [1.82, 2.24) is 15.1 Å². The van der Waals surface area contributed by atoms with Gasteiger partial charge < -0.3 is 15.0 Å². The van der Waals surface area contributed by atoms with Crippen LogP contribution in [-0.4, -0.2) is 79.5 Å². The standard InChI is InChI=1S/C22H34N4OS/c1-2-23-22(24-13-20-15-25-11-6-7-19(25)16-27-20)26-12-10-18(14-26)17-28-21-8-4-3-5-9-21/h3-5,8-9,18-20H,2,6-7,10-17H2,1H3,(H,23,24). The van der Waals surface area contributed by atoms with E-state index in [2.05, 4.69) is 52.4 Å². The zero-order valence-corrected chi connectivity index (χ0v) is 17.9. The van der Waals surface area contributed by atoms with Crippen LogP contribution in [0.25, 0.3) is 0 Å². The minimum atomic E-state index is 0.245. The number of thioether (sulfide) groups is 1. The lowest BCUT2D eigenvalue weighted by Gasteiger charge is -2.34. The molecule has 3 aliphatic rings. The Balaban J connectivity index is 1.27. The predicted octanol–water partition coefficient (Wildman–Crippen LogP) is 2.93. The molecule has 28 heavy (non-hydrogen) atoms. The van der Waals surface area contributed by atoms with Crippen LogP contribution in [0.2, 0.25) is 0 Å². The zero-order valence-electron chi connectivity index (χ0n) is 17.1. The van der Waals surface area contributed by atoms with Gasteiger partial charge in [-0.15, -0.1) is 11.8 Å². The van der Waals surface area contributed by atoms with E-state index >= 15 is 0 Å². The van der Waals surface area contributed by atoms with Gasteiger partial charge in [-0.05, 0) is 50.8 Å². The van der Waals surface area contributed by atoms with Crippen LogP contribution in [0.5, 0.6) is 0 Å². The molecule has 0 radical (unpaired) electrons. The first-order valence-corrected chi connectivity index (χ1v) is 11.9. The number of hydrogen-bond donors (Lipinski definition) is 1. The molecule has 1 aromatic carbocycles. The molecule has 0 aliphatic carbocycles. The lowest BCUT2D eigenvalue weighted by atomic mass is 10.2. The summed E-state index contributed by atoms with van der Waals surface area (Å²) >= 11 is 1.98. The second-order valence-electron chi connectivity index (χ2n) is 8.17. The molecule has 0 aromatic heterocycles. The van der Waals surface area contributed by atoms with Gasteiger partial charge in [0.25, 0.3) is 0 Å². The van der Waals surface area contributed by atoms with Crippen molar-refractivity contribution in [2.24, 2.45) is 10.9 Å². The monoisotopic (exact) mass is 402 g/mol. The smallest absolute Gasteiger partial charge is 0.194 e. The third-order valence-corrected chi connectivity index (χ3v) is 7.30. The maximum absolute atomic E-state index is 6.09. The molecule has 3 fully saturated rings. The molecule has 3 heterocycles. The third kappa shape index (κ3) is 5.22. The van der Waals surface area contributed by atoms with E-state index in [9.17, 15) is 0 Å². The molecular formula is C22H34N4OS. The fourth-order valence-electron chi connectivity index (χ4n) is 4.50. The van der Waals surface area contributed by atoms with Crippen LogP contribution >= 0.6 is 11.8 Å². The molecule has 0 amide bonds. The summed E-state index contributed by atoms with van der Waals surface area (Å²) in [5.41, 5.74) is 0. The van der Waals surface area contributed by atoms with Gasteiger partial charge in [-0.1, -0.05) is 18.2 Å². The SMILES string of the molecule is CCNC(=NCC1CN2CCCC2CO1)N1CCC(CSc2ccccc2)C1. The van der Waals surface area contributed by atoms with Gasteiger partial charge in [0.15, 0.2) is 5.96 Å². The van der Waals surface area contributed by atoms with Crippen molar-refractivity contribution >= 4 is 17.7 Å².